The Bertz CT molecular complexity index is 115. The molecule has 0 bridgehead atoms. The van der Waals surface area contributed by atoms with Crippen LogP contribution in [-0.4, -0.2) is 8.86 Å². The second kappa shape index (κ2) is 1.47. The van der Waals surface area contributed by atoms with Crippen LogP contribution >= 0.6 is 19.8 Å². The second-order valence-corrected chi connectivity index (χ2v) is 8.17. The van der Waals surface area contributed by atoms with E-state index in [0.717, 1.165) is 0 Å². The Balaban J connectivity index is 2.21. The van der Waals surface area contributed by atoms with Crippen molar-refractivity contribution >= 4 is 19.8 Å². The van der Waals surface area contributed by atoms with Crippen molar-refractivity contribution in [2.24, 2.45) is 0 Å². The standard InChI is InChI=1S/C6H9I/c1-2-6-3-5-7(6)4-1/h2H,1,3-5H2. The summed E-state index contributed by atoms with van der Waals surface area (Å²) in [6, 6.07) is 0. The predicted octanol–water partition coefficient (Wildman–Crippen LogP) is 2.18. The Kier molecular flexibility index (Phi) is 0.916. The summed E-state index contributed by atoms with van der Waals surface area (Å²) < 4.78 is 5.19. The number of rotatable bonds is 0. The van der Waals surface area contributed by atoms with Gasteiger partial charge in [-0.25, -0.2) is 0 Å². The van der Waals surface area contributed by atoms with Gasteiger partial charge in [0.25, 0.3) is 0 Å². The predicted molar refractivity (Wildman–Crippen MR) is 41.1 cm³/mol. The van der Waals surface area contributed by atoms with Crippen LogP contribution in [-0.2, 0) is 0 Å². The molecule has 0 nitrogen and oxygen atoms in total. The molecule has 2 heterocycles. The molecule has 0 radical (unpaired) electrons. The summed E-state index contributed by atoms with van der Waals surface area (Å²) in [5.41, 5.74) is 0. The molecule has 0 unspecified atom stereocenters. The Morgan fingerprint density at radius 3 is 2.71 bits per heavy atom. The van der Waals surface area contributed by atoms with Gasteiger partial charge < -0.3 is 0 Å². The van der Waals surface area contributed by atoms with Crippen LogP contribution in [0, 0.1) is 0 Å². The van der Waals surface area contributed by atoms with E-state index in [9.17, 15) is 0 Å². The summed E-state index contributed by atoms with van der Waals surface area (Å²) >= 11 is -0.250. The first-order chi connectivity index (χ1) is 3.47. The zero-order chi connectivity index (χ0) is 4.69. The number of hydrogen-bond acceptors (Lipinski definition) is 0. The number of alkyl halides is 2. The average molecular weight is 208 g/mol. The molecule has 2 rings (SSSR count). The Labute approximate surface area is 51.4 Å². The van der Waals surface area contributed by atoms with E-state index in [2.05, 4.69) is 6.08 Å². The maximum atomic E-state index is 2.49. The van der Waals surface area contributed by atoms with Crippen molar-refractivity contribution in [3.05, 3.63) is 9.66 Å². The van der Waals surface area contributed by atoms with E-state index in [1.165, 1.54) is 12.8 Å². The second-order valence-electron chi connectivity index (χ2n) is 2.02. The van der Waals surface area contributed by atoms with Gasteiger partial charge in [-0.2, -0.15) is 0 Å². The fraction of sp³-hybridized carbons (Fsp3) is 0.667. The molecular weight excluding hydrogens is 199 g/mol. The van der Waals surface area contributed by atoms with Crippen molar-refractivity contribution in [2.45, 2.75) is 12.8 Å². The molecule has 1 saturated heterocycles. The fourth-order valence-corrected chi connectivity index (χ4v) is 6.26. The van der Waals surface area contributed by atoms with Crippen LogP contribution in [0.4, 0.5) is 0 Å². The quantitative estimate of drug-likeness (QED) is 0.422. The summed E-state index contributed by atoms with van der Waals surface area (Å²) in [7, 11) is 0. The Morgan fingerprint density at radius 1 is 1.43 bits per heavy atom. The molecule has 40 valence electrons. The summed E-state index contributed by atoms with van der Waals surface area (Å²) in [6.45, 7) is 0. The van der Waals surface area contributed by atoms with Crippen LogP contribution in [0.2, 0.25) is 0 Å². The molecule has 0 spiro atoms. The first-order valence-electron chi connectivity index (χ1n) is 2.77. The Hall–Kier alpha value is 0.470. The molecule has 1 heteroatoms. The van der Waals surface area contributed by atoms with Crippen LogP contribution in [0.3, 0.4) is 0 Å². The molecule has 0 aromatic rings. The van der Waals surface area contributed by atoms with Gasteiger partial charge in [0.1, 0.15) is 0 Å². The topological polar surface area (TPSA) is 0 Å². The SMILES string of the molecule is C1=C2CCI2CC1. The van der Waals surface area contributed by atoms with E-state index in [4.69, 9.17) is 0 Å². The van der Waals surface area contributed by atoms with Gasteiger partial charge in [0.05, 0.1) is 0 Å². The zero-order valence-corrected chi connectivity index (χ0v) is 6.44. The van der Waals surface area contributed by atoms with Gasteiger partial charge in [0, 0.05) is 0 Å². The van der Waals surface area contributed by atoms with E-state index in [1.54, 1.807) is 8.86 Å². The molecule has 0 saturated carbocycles. The summed E-state index contributed by atoms with van der Waals surface area (Å²) in [5, 5.41) is 0. The van der Waals surface area contributed by atoms with Gasteiger partial charge in [-0.15, -0.1) is 0 Å². The molecule has 0 aromatic carbocycles. The molecule has 2 aliphatic rings. The van der Waals surface area contributed by atoms with Crippen molar-refractivity contribution in [2.75, 3.05) is 8.86 Å². The molecule has 0 atom stereocenters. The van der Waals surface area contributed by atoms with Gasteiger partial charge in [0.2, 0.25) is 0 Å². The minimum atomic E-state index is -0.250. The molecular formula is C6H9I. The zero-order valence-electron chi connectivity index (χ0n) is 4.28. The van der Waals surface area contributed by atoms with E-state index < -0.39 is 0 Å². The molecule has 0 amide bonds. The van der Waals surface area contributed by atoms with Crippen molar-refractivity contribution < 1.29 is 0 Å². The number of allylic oxidation sites excluding steroid dienone is 2. The van der Waals surface area contributed by atoms with Crippen LogP contribution in [0.1, 0.15) is 12.8 Å². The molecule has 2 aliphatic heterocycles. The van der Waals surface area contributed by atoms with Gasteiger partial charge in [0.15, 0.2) is 0 Å². The molecule has 7 heavy (non-hydrogen) atoms. The number of halogens is 1. The summed E-state index contributed by atoms with van der Waals surface area (Å²) in [5.74, 6) is 0. The molecule has 0 aliphatic carbocycles. The fourth-order valence-electron chi connectivity index (χ4n) is 1.11. The number of hydrogen-bond donors (Lipinski definition) is 0. The van der Waals surface area contributed by atoms with Crippen LogP contribution < -0.4 is 0 Å². The van der Waals surface area contributed by atoms with Gasteiger partial charge in [-0.05, 0) is 0 Å². The van der Waals surface area contributed by atoms with Crippen molar-refractivity contribution in [3.8, 4) is 0 Å². The third-order valence-corrected chi connectivity index (χ3v) is 8.31. The van der Waals surface area contributed by atoms with E-state index in [1.807, 2.05) is 3.58 Å². The summed E-state index contributed by atoms with van der Waals surface area (Å²) in [4.78, 5) is 0. The third-order valence-electron chi connectivity index (χ3n) is 1.61. The molecule has 0 N–H and O–H groups in total. The van der Waals surface area contributed by atoms with Gasteiger partial charge in [-0.3, -0.25) is 0 Å². The molecule has 1 fully saturated rings. The summed E-state index contributed by atoms with van der Waals surface area (Å²) in [6.07, 6.45) is 5.43. The maximum absolute atomic E-state index is 2.49. The van der Waals surface area contributed by atoms with E-state index in [-0.39, 0.29) is 19.8 Å². The van der Waals surface area contributed by atoms with Crippen LogP contribution in [0.5, 0.6) is 0 Å². The first-order valence-corrected chi connectivity index (χ1v) is 6.90. The Morgan fingerprint density at radius 2 is 2.43 bits per heavy atom. The first kappa shape index (κ1) is 4.36. The van der Waals surface area contributed by atoms with E-state index in [0.29, 0.717) is 0 Å². The average Bonchev–Trinajstić information content (AvgIpc) is 1.85. The van der Waals surface area contributed by atoms with Crippen molar-refractivity contribution in [3.63, 3.8) is 0 Å². The monoisotopic (exact) mass is 208 g/mol. The number of fused-ring (bicyclic) bond motifs is 1. The van der Waals surface area contributed by atoms with Crippen molar-refractivity contribution in [1.29, 1.82) is 0 Å². The van der Waals surface area contributed by atoms with Crippen molar-refractivity contribution in [1.82, 2.24) is 0 Å². The third kappa shape index (κ3) is 0.540. The van der Waals surface area contributed by atoms with Gasteiger partial charge in [-0.1, -0.05) is 0 Å². The van der Waals surface area contributed by atoms with Gasteiger partial charge >= 0.3 is 51.2 Å². The van der Waals surface area contributed by atoms with E-state index >= 15 is 0 Å². The normalized spacial score (nSPS) is 31.4. The van der Waals surface area contributed by atoms with Crippen LogP contribution in [0.25, 0.3) is 0 Å². The molecule has 0 aromatic heterocycles. The minimum absolute atomic E-state index is 0.250. The van der Waals surface area contributed by atoms with Crippen LogP contribution in [0.15, 0.2) is 9.66 Å².